The smallest absolute Gasteiger partial charge is 0.345 e. The van der Waals surface area contributed by atoms with Gasteiger partial charge < -0.3 is 4.74 Å². The van der Waals surface area contributed by atoms with Crippen molar-refractivity contribution in [3.8, 4) is 0 Å². The molecule has 6 heteroatoms. The SMILES string of the molecule is CCOC(=O)c1cc(Br)cc(C)c1[N+](=O)[O-]. The van der Waals surface area contributed by atoms with Crippen molar-refractivity contribution >= 4 is 27.6 Å². The van der Waals surface area contributed by atoms with Gasteiger partial charge in [-0.15, -0.1) is 0 Å². The standard InChI is InChI=1S/C10H10BrNO4/c1-3-16-10(13)8-5-7(11)4-6(2)9(8)12(14)15/h4-5H,3H2,1-2H3. The molecular formula is C10H10BrNO4. The second kappa shape index (κ2) is 5.07. The van der Waals surface area contributed by atoms with Crippen LogP contribution in [0.15, 0.2) is 16.6 Å². The first kappa shape index (κ1) is 12.6. The Bertz CT molecular complexity index is 445. The number of halogens is 1. The number of carbonyl (C=O) groups is 1. The van der Waals surface area contributed by atoms with E-state index in [4.69, 9.17) is 4.74 Å². The predicted octanol–water partition coefficient (Wildman–Crippen LogP) is 2.84. The number of nitrogens with zero attached hydrogens (tertiary/aromatic N) is 1. The van der Waals surface area contributed by atoms with Gasteiger partial charge in [-0.1, -0.05) is 15.9 Å². The van der Waals surface area contributed by atoms with Gasteiger partial charge in [0.15, 0.2) is 0 Å². The molecule has 0 saturated carbocycles. The van der Waals surface area contributed by atoms with Crippen LogP contribution in [0.3, 0.4) is 0 Å². The normalized spacial score (nSPS) is 9.94. The van der Waals surface area contributed by atoms with Gasteiger partial charge in [-0.2, -0.15) is 0 Å². The third-order valence-corrected chi connectivity index (χ3v) is 2.40. The molecule has 0 amide bonds. The number of esters is 1. The van der Waals surface area contributed by atoms with E-state index in [2.05, 4.69) is 15.9 Å². The number of hydrogen-bond donors (Lipinski definition) is 0. The molecule has 0 aromatic heterocycles. The first-order valence-electron chi connectivity index (χ1n) is 4.59. The number of aryl methyl sites for hydroxylation is 1. The molecule has 1 rings (SSSR count). The number of rotatable bonds is 3. The van der Waals surface area contributed by atoms with E-state index >= 15 is 0 Å². The topological polar surface area (TPSA) is 69.4 Å². The van der Waals surface area contributed by atoms with Gasteiger partial charge in [-0.3, -0.25) is 10.1 Å². The molecule has 0 spiro atoms. The Labute approximate surface area is 101 Å². The fraction of sp³-hybridized carbons (Fsp3) is 0.300. The lowest BCUT2D eigenvalue weighted by atomic mass is 10.1. The van der Waals surface area contributed by atoms with Crippen LogP contribution in [0.4, 0.5) is 5.69 Å². The molecule has 0 N–H and O–H groups in total. The van der Waals surface area contributed by atoms with Crippen molar-refractivity contribution in [3.05, 3.63) is 37.8 Å². The van der Waals surface area contributed by atoms with Crippen LogP contribution in [0, 0.1) is 17.0 Å². The summed E-state index contributed by atoms with van der Waals surface area (Å²) >= 11 is 3.19. The lowest BCUT2D eigenvalue weighted by Gasteiger charge is -2.05. The van der Waals surface area contributed by atoms with E-state index < -0.39 is 10.9 Å². The summed E-state index contributed by atoms with van der Waals surface area (Å²) in [4.78, 5) is 21.8. The van der Waals surface area contributed by atoms with Crippen LogP contribution >= 0.6 is 15.9 Å². The Hall–Kier alpha value is -1.43. The molecular weight excluding hydrogens is 278 g/mol. The molecule has 0 unspecified atom stereocenters. The van der Waals surface area contributed by atoms with Crippen molar-refractivity contribution < 1.29 is 14.5 Å². The molecule has 0 heterocycles. The van der Waals surface area contributed by atoms with Crippen molar-refractivity contribution in [1.82, 2.24) is 0 Å². The maximum Gasteiger partial charge on any atom is 0.345 e. The average molecular weight is 288 g/mol. The second-order valence-corrected chi connectivity index (χ2v) is 4.01. The Morgan fingerprint density at radius 1 is 1.56 bits per heavy atom. The van der Waals surface area contributed by atoms with Gasteiger partial charge in [0, 0.05) is 10.0 Å². The number of nitro benzene ring substituents is 1. The van der Waals surface area contributed by atoms with Gasteiger partial charge in [0.1, 0.15) is 5.56 Å². The molecule has 86 valence electrons. The lowest BCUT2D eigenvalue weighted by Crippen LogP contribution is -2.09. The summed E-state index contributed by atoms with van der Waals surface area (Å²) in [7, 11) is 0. The minimum atomic E-state index is -0.682. The Kier molecular flexibility index (Phi) is 4.00. The zero-order chi connectivity index (χ0) is 12.3. The van der Waals surface area contributed by atoms with Crippen LogP contribution in [0.2, 0.25) is 0 Å². The Morgan fingerprint density at radius 3 is 2.69 bits per heavy atom. The summed E-state index contributed by atoms with van der Waals surface area (Å²) in [6, 6.07) is 2.98. The van der Waals surface area contributed by atoms with Crippen molar-refractivity contribution in [2.45, 2.75) is 13.8 Å². The molecule has 0 bridgehead atoms. The van der Waals surface area contributed by atoms with Crippen LogP contribution < -0.4 is 0 Å². The molecule has 0 atom stereocenters. The number of nitro groups is 1. The minimum Gasteiger partial charge on any atom is -0.462 e. The summed E-state index contributed by atoms with van der Waals surface area (Å²) in [6.45, 7) is 3.40. The molecule has 0 aliphatic rings. The maximum absolute atomic E-state index is 11.5. The largest absolute Gasteiger partial charge is 0.462 e. The first-order valence-corrected chi connectivity index (χ1v) is 5.38. The summed E-state index contributed by atoms with van der Waals surface area (Å²) in [5.74, 6) is -0.682. The summed E-state index contributed by atoms with van der Waals surface area (Å²) in [6.07, 6.45) is 0. The average Bonchev–Trinajstić information content (AvgIpc) is 2.15. The molecule has 0 aliphatic heterocycles. The summed E-state index contributed by atoms with van der Waals surface area (Å²) < 4.78 is 5.37. The third-order valence-electron chi connectivity index (χ3n) is 1.94. The van der Waals surface area contributed by atoms with Crippen molar-refractivity contribution in [1.29, 1.82) is 0 Å². The molecule has 0 fully saturated rings. The van der Waals surface area contributed by atoms with Crippen molar-refractivity contribution in [3.63, 3.8) is 0 Å². The van der Waals surface area contributed by atoms with E-state index in [9.17, 15) is 14.9 Å². The zero-order valence-corrected chi connectivity index (χ0v) is 10.4. The molecule has 16 heavy (non-hydrogen) atoms. The van der Waals surface area contributed by atoms with Crippen LogP contribution in [0.1, 0.15) is 22.8 Å². The van der Waals surface area contributed by atoms with E-state index in [1.807, 2.05) is 0 Å². The van der Waals surface area contributed by atoms with Gasteiger partial charge in [-0.05, 0) is 26.0 Å². The highest BCUT2D eigenvalue weighted by Gasteiger charge is 2.24. The number of benzene rings is 1. The minimum absolute atomic E-state index is 0.0290. The Morgan fingerprint density at radius 2 is 2.19 bits per heavy atom. The maximum atomic E-state index is 11.5. The number of ether oxygens (including phenoxy) is 1. The van der Waals surface area contributed by atoms with E-state index in [1.165, 1.54) is 6.07 Å². The molecule has 0 saturated heterocycles. The predicted molar refractivity (Wildman–Crippen MR) is 61.5 cm³/mol. The van der Waals surface area contributed by atoms with Crippen LogP contribution in [0.5, 0.6) is 0 Å². The molecule has 0 aliphatic carbocycles. The molecule has 0 radical (unpaired) electrons. The molecule has 1 aromatic rings. The highest BCUT2D eigenvalue weighted by molar-refractivity contribution is 9.10. The lowest BCUT2D eigenvalue weighted by molar-refractivity contribution is -0.385. The third kappa shape index (κ3) is 2.57. The van der Waals surface area contributed by atoms with Crippen LogP contribution in [-0.2, 0) is 4.74 Å². The highest BCUT2D eigenvalue weighted by Crippen LogP contribution is 2.28. The molecule has 5 nitrogen and oxygen atoms in total. The van der Waals surface area contributed by atoms with Gasteiger partial charge in [-0.25, -0.2) is 4.79 Å². The zero-order valence-electron chi connectivity index (χ0n) is 8.82. The fourth-order valence-corrected chi connectivity index (χ4v) is 1.91. The Balaban J connectivity index is 3.35. The van der Waals surface area contributed by atoms with Gasteiger partial charge >= 0.3 is 5.97 Å². The van der Waals surface area contributed by atoms with E-state index in [0.717, 1.165) is 0 Å². The monoisotopic (exact) mass is 287 g/mol. The van der Waals surface area contributed by atoms with Gasteiger partial charge in [0.05, 0.1) is 11.5 Å². The van der Waals surface area contributed by atoms with Crippen molar-refractivity contribution in [2.75, 3.05) is 6.61 Å². The van der Waals surface area contributed by atoms with E-state index in [0.29, 0.717) is 10.0 Å². The van der Waals surface area contributed by atoms with Crippen molar-refractivity contribution in [2.24, 2.45) is 0 Å². The van der Waals surface area contributed by atoms with Crippen LogP contribution in [-0.4, -0.2) is 17.5 Å². The number of hydrogen-bond acceptors (Lipinski definition) is 4. The van der Waals surface area contributed by atoms with E-state index in [1.54, 1.807) is 19.9 Å². The first-order chi connectivity index (χ1) is 7.47. The van der Waals surface area contributed by atoms with Gasteiger partial charge in [0.25, 0.3) is 5.69 Å². The fourth-order valence-electron chi connectivity index (χ4n) is 1.34. The number of carbonyl (C=O) groups excluding carboxylic acids is 1. The molecule has 1 aromatic carbocycles. The van der Waals surface area contributed by atoms with Gasteiger partial charge in [0.2, 0.25) is 0 Å². The summed E-state index contributed by atoms with van der Waals surface area (Å²) in [5, 5.41) is 10.8. The van der Waals surface area contributed by atoms with E-state index in [-0.39, 0.29) is 17.9 Å². The summed E-state index contributed by atoms with van der Waals surface area (Å²) in [5.41, 5.74) is 0.183. The quantitative estimate of drug-likeness (QED) is 0.487. The highest BCUT2D eigenvalue weighted by atomic mass is 79.9. The second-order valence-electron chi connectivity index (χ2n) is 3.10. The van der Waals surface area contributed by atoms with Crippen LogP contribution in [0.25, 0.3) is 0 Å².